The van der Waals surface area contributed by atoms with E-state index in [1.54, 1.807) is 12.5 Å². The molecule has 2 heterocycles. The molecule has 4 heteroatoms. The largest absolute Gasteiger partial charge is 0.467 e. The summed E-state index contributed by atoms with van der Waals surface area (Å²) in [5.74, 6) is 0.914. The van der Waals surface area contributed by atoms with Gasteiger partial charge in [0.05, 0.1) is 18.5 Å². The van der Waals surface area contributed by atoms with Gasteiger partial charge in [0, 0.05) is 6.20 Å². The van der Waals surface area contributed by atoms with E-state index in [-0.39, 0.29) is 0 Å². The number of hydrogen-bond donors (Lipinski definition) is 1. The molecule has 0 bridgehead atoms. The molecule has 0 aromatic carbocycles. The summed E-state index contributed by atoms with van der Waals surface area (Å²) in [7, 11) is 0. The molecule has 0 spiro atoms. The topological polar surface area (TPSA) is 38.1 Å². The highest BCUT2D eigenvalue weighted by Crippen LogP contribution is 2.21. The zero-order valence-electron chi connectivity index (χ0n) is 9.25. The minimum atomic E-state index is 0.481. The number of aromatic nitrogens is 1. The average molecular weight is 237 g/mol. The number of nitrogens with zero attached hydrogens (tertiary/aromatic N) is 1. The maximum Gasteiger partial charge on any atom is 0.152 e. The van der Waals surface area contributed by atoms with E-state index in [1.165, 1.54) is 0 Å². The van der Waals surface area contributed by atoms with E-state index in [0.717, 1.165) is 22.6 Å². The number of halogens is 1. The van der Waals surface area contributed by atoms with E-state index in [2.05, 4.69) is 10.3 Å². The quantitative estimate of drug-likeness (QED) is 0.829. The first-order valence-electron chi connectivity index (χ1n) is 5.06. The van der Waals surface area contributed by atoms with Crippen LogP contribution in [0.1, 0.15) is 16.9 Å². The summed E-state index contributed by atoms with van der Waals surface area (Å²) in [5.41, 5.74) is 3.03. The van der Waals surface area contributed by atoms with Crippen LogP contribution in [0.3, 0.4) is 0 Å². The molecule has 2 aromatic rings. The molecule has 0 amide bonds. The Bertz CT molecular complexity index is 494. The van der Waals surface area contributed by atoms with Gasteiger partial charge in [0.25, 0.3) is 0 Å². The van der Waals surface area contributed by atoms with E-state index in [9.17, 15) is 0 Å². The van der Waals surface area contributed by atoms with Crippen LogP contribution in [0.5, 0.6) is 0 Å². The summed E-state index contributed by atoms with van der Waals surface area (Å²) >= 11 is 5.97. The van der Waals surface area contributed by atoms with Gasteiger partial charge in [-0.3, -0.25) is 0 Å². The lowest BCUT2D eigenvalue weighted by Crippen LogP contribution is -2.01. The average Bonchev–Trinajstić information content (AvgIpc) is 2.66. The number of nitrogens with one attached hydrogen (secondary N) is 1. The third-order valence-corrected chi connectivity index (χ3v) is 2.68. The highest BCUT2D eigenvalue weighted by Gasteiger charge is 2.04. The molecule has 0 aliphatic carbocycles. The summed E-state index contributed by atoms with van der Waals surface area (Å²) in [6, 6.07) is 3.90. The van der Waals surface area contributed by atoms with E-state index >= 15 is 0 Å². The molecule has 3 nitrogen and oxygen atoms in total. The lowest BCUT2D eigenvalue weighted by atomic mass is 10.2. The summed E-state index contributed by atoms with van der Waals surface area (Å²) in [6.07, 6.45) is 3.42. The van der Waals surface area contributed by atoms with Crippen molar-refractivity contribution in [3.8, 4) is 0 Å². The lowest BCUT2D eigenvalue weighted by Gasteiger charge is -2.07. The van der Waals surface area contributed by atoms with Crippen molar-refractivity contribution in [1.29, 1.82) is 0 Å². The molecule has 0 saturated carbocycles. The Labute approximate surface area is 99.5 Å². The zero-order chi connectivity index (χ0) is 11.5. The molecule has 2 aromatic heterocycles. The van der Waals surface area contributed by atoms with Crippen LogP contribution in [0.25, 0.3) is 0 Å². The number of hydrogen-bond acceptors (Lipinski definition) is 3. The second kappa shape index (κ2) is 4.58. The molecule has 0 saturated heterocycles. The molecule has 0 unspecified atom stereocenters. The van der Waals surface area contributed by atoms with Gasteiger partial charge in [0.2, 0.25) is 0 Å². The minimum Gasteiger partial charge on any atom is -0.467 e. The fourth-order valence-corrected chi connectivity index (χ4v) is 1.61. The SMILES string of the molecule is Cc1cnc(Cl)c(NCc2occc2C)c1. The van der Waals surface area contributed by atoms with E-state index in [4.69, 9.17) is 16.0 Å². The molecule has 2 rings (SSSR count). The molecular weight excluding hydrogens is 224 g/mol. The maximum absolute atomic E-state index is 5.97. The predicted molar refractivity (Wildman–Crippen MR) is 64.8 cm³/mol. The Morgan fingerprint density at radius 3 is 2.94 bits per heavy atom. The van der Waals surface area contributed by atoms with E-state index < -0.39 is 0 Å². The molecule has 0 aliphatic heterocycles. The van der Waals surface area contributed by atoms with Gasteiger partial charge in [-0.25, -0.2) is 4.98 Å². The third-order valence-electron chi connectivity index (χ3n) is 2.38. The van der Waals surface area contributed by atoms with Crippen LogP contribution in [0.15, 0.2) is 29.0 Å². The van der Waals surface area contributed by atoms with Crippen LogP contribution in [0.2, 0.25) is 5.15 Å². The van der Waals surface area contributed by atoms with Gasteiger partial charge in [0.1, 0.15) is 5.76 Å². The lowest BCUT2D eigenvalue weighted by molar-refractivity contribution is 0.515. The van der Waals surface area contributed by atoms with Gasteiger partial charge in [-0.15, -0.1) is 0 Å². The van der Waals surface area contributed by atoms with Crippen molar-refractivity contribution >= 4 is 17.3 Å². The predicted octanol–water partition coefficient (Wildman–Crippen LogP) is 3.56. The Morgan fingerprint density at radius 1 is 1.44 bits per heavy atom. The molecule has 0 atom stereocenters. The van der Waals surface area contributed by atoms with Gasteiger partial charge in [-0.1, -0.05) is 11.6 Å². The standard InChI is InChI=1S/C12H13ClN2O/c1-8-5-10(12(13)15-6-8)14-7-11-9(2)3-4-16-11/h3-6,14H,7H2,1-2H3. The molecule has 0 aliphatic rings. The maximum atomic E-state index is 5.97. The first-order chi connectivity index (χ1) is 7.66. The Hall–Kier alpha value is -1.48. The van der Waals surface area contributed by atoms with Crippen LogP contribution < -0.4 is 5.32 Å². The first kappa shape index (κ1) is 11.0. The molecule has 84 valence electrons. The summed E-state index contributed by atoms with van der Waals surface area (Å²) in [6.45, 7) is 4.60. The van der Waals surface area contributed by atoms with Crippen molar-refractivity contribution in [2.45, 2.75) is 20.4 Å². The Balaban J connectivity index is 2.10. The highest BCUT2D eigenvalue weighted by molar-refractivity contribution is 6.31. The van der Waals surface area contributed by atoms with Gasteiger partial charge in [-0.05, 0) is 37.1 Å². The number of furan rings is 1. The fraction of sp³-hybridized carbons (Fsp3) is 0.250. The number of rotatable bonds is 3. The normalized spacial score (nSPS) is 10.4. The van der Waals surface area contributed by atoms with Gasteiger partial charge >= 0.3 is 0 Å². The molecular formula is C12H13ClN2O. The summed E-state index contributed by atoms with van der Waals surface area (Å²) in [5, 5.41) is 3.69. The van der Waals surface area contributed by atoms with E-state index in [1.807, 2.05) is 26.0 Å². The zero-order valence-corrected chi connectivity index (χ0v) is 10.0. The van der Waals surface area contributed by atoms with Gasteiger partial charge < -0.3 is 9.73 Å². The third kappa shape index (κ3) is 2.36. The van der Waals surface area contributed by atoms with Gasteiger partial charge in [-0.2, -0.15) is 0 Å². The van der Waals surface area contributed by atoms with Crippen molar-refractivity contribution in [2.75, 3.05) is 5.32 Å². The first-order valence-corrected chi connectivity index (χ1v) is 5.43. The van der Waals surface area contributed by atoms with Crippen LogP contribution in [-0.4, -0.2) is 4.98 Å². The minimum absolute atomic E-state index is 0.481. The molecule has 16 heavy (non-hydrogen) atoms. The Morgan fingerprint density at radius 2 is 2.25 bits per heavy atom. The monoisotopic (exact) mass is 236 g/mol. The van der Waals surface area contributed by atoms with Crippen LogP contribution in [0, 0.1) is 13.8 Å². The summed E-state index contributed by atoms with van der Waals surface area (Å²) in [4.78, 5) is 4.07. The Kier molecular flexibility index (Phi) is 3.15. The van der Waals surface area contributed by atoms with Crippen LogP contribution in [-0.2, 0) is 6.54 Å². The number of pyridine rings is 1. The van der Waals surface area contributed by atoms with E-state index in [0.29, 0.717) is 11.7 Å². The molecule has 1 N–H and O–H groups in total. The fourth-order valence-electron chi connectivity index (χ4n) is 1.44. The van der Waals surface area contributed by atoms with Gasteiger partial charge in [0.15, 0.2) is 5.15 Å². The van der Waals surface area contributed by atoms with Crippen molar-refractivity contribution in [3.05, 3.63) is 46.6 Å². The number of anilines is 1. The molecule has 0 radical (unpaired) electrons. The smallest absolute Gasteiger partial charge is 0.152 e. The summed E-state index contributed by atoms with van der Waals surface area (Å²) < 4.78 is 5.33. The van der Waals surface area contributed by atoms with Crippen molar-refractivity contribution in [2.24, 2.45) is 0 Å². The number of aryl methyl sites for hydroxylation is 2. The van der Waals surface area contributed by atoms with Crippen molar-refractivity contribution in [3.63, 3.8) is 0 Å². The van der Waals surface area contributed by atoms with Crippen LogP contribution >= 0.6 is 11.6 Å². The van der Waals surface area contributed by atoms with Crippen LogP contribution in [0.4, 0.5) is 5.69 Å². The second-order valence-electron chi connectivity index (χ2n) is 3.73. The highest BCUT2D eigenvalue weighted by atomic mass is 35.5. The molecule has 0 fully saturated rings. The van der Waals surface area contributed by atoms with Crippen molar-refractivity contribution < 1.29 is 4.42 Å². The second-order valence-corrected chi connectivity index (χ2v) is 4.09. The van der Waals surface area contributed by atoms with Crippen molar-refractivity contribution in [1.82, 2.24) is 4.98 Å².